The first-order chi connectivity index (χ1) is 12.1. The van der Waals surface area contributed by atoms with Gasteiger partial charge in [0.25, 0.3) is 5.91 Å². The highest BCUT2D eigenvalue weighted by Crippen LogP contribution is 2.36. The largest absolute Gasteiger partial charge is 0.396 e. The van der Waals surface area contributed by atoms with Crippen molar-refractivity contribution in [3.63, 3.8) is 0 Å². The highest BCUT2D eigenvalue weighted by molar-refractivity contribution is 7.13. The zero-order chi connectivity index (χ0) is 17.9. The van der Waals surface area contributed by atoms with Gasteiger partial charge in [0, 0.05) is 29.4 Å². The van der Waals surface area contributed by atoms with Crippen molar-refractivity contribution in [2.24, 2.45) is 5.41 Å². The minimum absolute atomic E-state index is 0.0428. The van der Waals surface area contributed by atoms with E-state index in [1.165, 1.54) is 11.3 Å². The topological polar surface area (TPSA) is 73.7 Å². The zero-order valence-electron chi connectivity index (χ0n) is 14.4. The summed E-state index contributed by atoms with van der Waals surface area (Å²) in [5, 5.41) is 22.9. The Balaban J connectivity index is 1.72. The molecule has 1 amide bonds. The fourth-order valence-electron chi connectivity index (χ4n) is 3.50. The second kappa shape index (κ2) is 7.64. The third-order valence-corrected chi connectivity index (χ3v) is 5.97. The predicted octanol–water partition coefficient (Wildman–Crippen LogP) is 2.80. The summed E-state index contributed by atoms with van der Waals surface area (Å²) in [6.45, 7) is 2.78. The number of aromatic nitrogens is 1. The maximum atomic E-state index is 12.7. The van der Waals surface area contributed by atoms with E-state index in [9.17, 15) is 15.0 Å². The van der Waals surface area contributed by atoms with Crippen LogP contribution in [0.25, 0.3) is 10.6 Å². The summed E-state index contributed by atoms with van der Waals surface area (Å²) < 4.78 is 0. The van der Waals surface area contributed by atoms with Crippen molar-refractivity contribution in [1.29, 1.82) is 0 Å². The van der Waals surface area contributed by atoms with Gasteiger partial charge in [-0.15, -0.1) is 11.3 Å². The highest BCUT2D eigenvalue weighted by Gasteiger charge is 2.42. The van der Waals surface area contributed by atoms with Crippen LogP contribution in [-0.2, 0) is 0 Å². The van der Waals surface area contributed by atoms with E-state index >= 15 is 0 Å². The molecule has 2 aromatic rings. The monoisotopic (exact) mass is 360 g/mol. The molecule has 2 atom stereocenters. The Morgan fingerprint density at radius 1 is 1.40 bits per heavy atom. The third-order valence-electron chi connectivity index (χ3n) is 5.07. The normalized spacial score (nSPS) is 23.6. The number of β-amino-alcohol motifs (C(OH)–C–C–N with tert-alkyl or cyclic N) is 1. The molecule has 1 aliphatic heterocycles. The molecule has 134 valence electrons. The molecular formula is C19H24N2O3S. The lowest BCUT2D eigenvalue weighted by Crippen LogP contribution is -2.54. The lowest BCUT2D eigenvalue weighted by molar-refractivity contribution is -0.0714. The number of rotatable bonds is 5. The van der Waals surface area contributed by atoms with Crippen molar-refractivity contribution in [1.82, 2.24) is 9.88 Å². The van der Waals surface area contributed by atoms with Crippen LogP contribution in [0.15, 0.2) is 35.7 Å². The van der Waals surface area contributed by atoms with Gasteiger partial charge in [0.05, 0.1) is 12.7 Å². The number of aliphatic hydroxyl groups is 2. The molecule has 1 aliphatic rings. The molecule has 0 aliphatic carbocycles. The number of nitrogens with zero attached hydrogens (tertiary/aromatic N) is 2. The molecule has 0 radical (unpaired) electrons. The molecule has 5 nitrogen and oxygen atoms in total. The van der Waals surface area contributed by atoms with Crippen LogP contribution in [0.2, 0.25) is 0 Å². The quantitative estimate of drug-likeness (QED) is 0.860. The van der Waals surface area contributed by atoms with Crippen molar-refractivity contribution in [3.8, 4) is 10.6 Å². The molecule has 1 aromatic heterocycles. The molecule has 1 fully saturated rings. The van der Waals surface area contributed by atoms with Crippen LogP contribution in [0, 0.1) is 5.41 Å². The van der Waals surface area contributed by atoms with Gasteiger partial charge >= 0.3 is 0 Å². The Labute approximate surface area is 152 Å². The van der Waals surface area contributed by atoms with E-state index in [0.717, 1.165) is 23.4 Å². The Bertz CT molecular complexity index is 718. The Kier molecular flexibility index (Phi) is 5.51. The number of benzene rings is 1. The van der Waals surface area contributed by atoms with Crippen LogP contribution >= 0.6 is 11.3 Å². The third kappa shape index (κ3) is 3.61. The fraction of sp³-hybridized carbons (Fsp3) is 0.474. The summed E-state index contributed by atoms with van der Waals surface area (Å²) in [6.07, 6.45) is 1.57. The molecular weight excluding hydrogens is 336 g/mol. The summed E-state index contributed by atoms with van der Waals surface area (Å²) >= 11 is 1.45. The number of aliphatic hydroxyl groups excluding tert-OH is 2. The van der Waals surface area contributed by atoms with E-state index in [1.807, 2.05) is 37.3 Å². The molecule has 0 bridgehead atoms. The first-order valence-electron chi connectivity index (χ1n) is 8.69. The van der Waals surface area contributed by atoms with E-state index in [-0.39, 0.29) is 19.1 Å². The van der Waals surface area contributed by atoms with Gasteiger partial charge in [-0.25, -0.2) is 4.98 Å². The Morgan fingerprint density at radius 3 is 2.80 bits per heavy atom. The van der Waals surface area contributed by atoms with Gasteiger partial charge in [-0.1, -0.05) is 43.7 Å². The average molecular weight is 360 g/mol. The lowest BCUT2D eigenvalue weighted by atomic mass is 9.73. The molecule has 25 heavy (non-hydrogen) atoms. The molecule has 2 heterocycles. The smallest absolute Gasteiger partial charge is 0.273 e. The highest BCUT2D eigenvalue weighted by atomic mass is 32.1. The minimum atomic E-state index is -0.706. The van der Waals surface area contributed by atoms with Gasteiger partial charge < -0.3 is 15.1 Å². The van der Waals surface area contributed by atoms with Gasteiger partial charge in [-0.05, 0) is 12.8 Å². The number of hydrogen-bond donors (Lipinski definition) is 2. The van der Waals surface area contributed by atoms with Crippen molar-refractivity contribution in [2.75, 3.05) is 19.7 Å². The summed E-state index contributed by atoms with van der Waals surface area (Å²) in [7, 11) is 0. The van der Waals surface area contributed by atoms with E-state index in [4.69, 9.17) is 0 Å². The Morgan fingerprint density at radius 2 is 2.16 bits per heavy atom. The van der Waals surface area contributed by atoms with Crippen LogP contribution in [0.4, 0.5) is 0 Å². The predicted molar refractivity (Wildman–Crippen MR) is 98.5 cm³/mol. The van der Waals surface area contributed by atoms with Gasteiger partial charge in [0.2, 0.25) is 0 Å². The summed E-state index contributed by atoms with van der Waals surface area (Å²) in [4.78, 5) is 18.9. The van der Waals surface area contributed by atoms with Crippen LogP contribution in [-0.4, -0.2) is 51.8 Å². The molecule has 1 aromatic carbocycles. The average Bonchev–Trinajstić information content (AvgIpc) is 3.14. The second-order valence-corrected chi connectivity index (χ2v) is 7.55. The zero-order valence-corrected chi connectivity index (χ0v) is 15.2. The van der Waals surface area contributed by atoms with E-state index in [0.29, 0.717) is 18.7 Å². The van der Waals surface area contributed by atoms with Gasteiger partial charge in [0.15, 0.2) is 0 Å². The number of amides is 1. The first-order valence-corrected chi connectivity index (χ1v) is 9.57. The lowest BCUT2D eigenvalue weighted by Gasteiger charge is -2.44. The van der Waals surface area contributed by atoms with E-state index in [1.54, 1.807) is 10.3 Å². The summed E-state index contributed by atoms with van der Waals surface area (Å²) in [5.41, 5.74) is 0.929. The number of thiazole rings is 1. The van der Waals surface area contributed by atoms with Gasteiger partial charge in [0.1, 0.15) is 10.7 Å². The number of piperidine rings is 1. The summed E-state index contributed by atoms with van der Waals surface area (Å²) in [6, 6.07) is 9.78. The standard InChI is InChI=1S/C19H24N2O3S/c1-2-8-19(13-22)9-10-21(11-16(19)23)18(24)15-12-25-17(20-15)14-6-4-3-5-7-14/h3-7,12,16,22-23H,2,8-11,13H2,1H3/t16-,19-/m1/s1. The molecule has 0 unspecified atom stereocenters. The first kappa shape index (κ1) is 18.0. The Hall–Kier alpha value is -1.76. The maximum absolute atomic E-state index is 12.7. The van der Waals surface area contributed by atoms with Crippen molar-refractivity contribution in [2.45, 2.75) is 32.3 Å². The second-order valence-electron chi connectivity index (χ2n) is 6.69. The van der Waals surface area contributed by atoms with Crippen LogP contribution in [0.1, 0.15) is 36.7 Å². The SMILES string of the molecule is CCC[C@]1(CO)CCN(C(=O)c2csc(-c3ccccc3)n2)C[C@H]1O. The van der Waals surface area contributed by atoms with E-state index < -0.39 is 11.5 Å². The molecule has 1 saturated heterocycles. The van der Waals surface area contributed by atoms with Crippen LogP contribution in [0.5, 0.6) is 0 Å². The van der Waals surface area contributed by atoms with Gasteiger partial charge in [-0.2, -0.15) is 0 Å². The molecule has 3 rings (SSSR count). The van der Waals surface area contributed by atoms with Crippen molar-refractivity contribution < 1.29 is 15.0 Å². The van der Waals surface area contributed by atoms with Crippen LogP contribution in [0.3, 0.4) is 0 Å². The number of carbonyl (C=O) groups excluding carboxylic acids is 1. The molecule has 0 spiro atoms. The van der Waals surface area contributed by atoms with Crippen molar-refractivity contribution >= 4 is 17.2 Å². The number of carbonyl (C=O) groups is 1. The number of hydrogen-bond acceptors (Lipinski definition) is 5. The van der Waals surface area contributed by atoms with Crippen LogP contribution < -0.4 is 0 Å². The minimum Gasteiger partial charge on any atom is -0.396 e. The maximum Gasteiger partial charge on any atom is 0.273 e. The van der Waals surface area contributed by atoms with E-state index in [2.05, 4.69) is 4.98 Å². The molecule has 2 N–H and O–H groups in total. The van der Waals surface area contributed by atoms with Crippen molar-refractivity contribution in [3.05, 3.63) is 41.4 Å². The number of likely N-dealkylation sites (tertiary alicyclic amines) is 1. The van der Waals surface area contributed by atoms with Gasteiger partial charge in [-0.3, -0.25) is 4.79 Å². The summed E-state index contributed by atoms with van der Waals surface area (Å²) in [5.74, 6) is -0.152. The molecule has 6 heteroatoms. The fourth-order valence-corrected chi connectivity index (χ4v) is 4.30. The molecule has 0 saturated carbocycles.